The van der Waals surface area contributed by atoms with Gasteiger partial charge in [0.1, 0.15) is 5.82 Å². The second kappa shape index (κ2) is 7.59. The van der Waals surface area contributed by atoms with E-state index in [9.17, 15) is 4.39 Å². The highest BCUT2D eigenvalue weighted by atomic mass is 19.1. The van der Waals surface area contributed by atoms with Crippen LogP contribution >= 0.6 is 0 Å². The summed E-state index contributed by atoms with van der Waals surface area (Å²) in [4.78, 5) is 0. The smallest absolute Gasteiger partial charge is 0.123 e. The summed E-state index contributed by atoms with van der Waals surface area (Å²) in [6, 6.07) is 17.3. The average molecular weight is 416 g/mol. The highest BCUT2D eigenvalue weighted by Crippen LogP contribution is 2.60. The molecule has 0 spiro atoms. The lowest BCUT2D eigenvalue weighted by Gasteiger charge is -2.56. The van der Waals surface area contributed by atoms with Crippen molar-refractivity contribution in [3.8, 4) is 5.69 Å². The first-order chi connectivity index (χ1) is 15.2. The lowest BCUT2D eigenvalue weighted by Crippen LogP contribution is -2.49. The van der Waals surface area contributed by atoms with Gasteiger partial charge in [0.25, 0.3) is 0 Å². The third-order valence-electron chi connectivity index (χ3n) is 7.91. The summed E-state index contributed by atoms with van der Waals surface area (Å²) in [5, 5.41) is 8.83. The van der Waals surface area contributed by atoms with Crippen LogP contribution < -0.4 is 5.32 Å². The van der Waals surface area contributed by atoms with Gasteiger partial charge < -0.3 is 5.32 Å². The number of nitrogens with zero attached hydrogens (tertiary/aromatic N) is 2. The number of rotatable bonds is 6. The summed E-state index contributed by atoms with van der Waals surface area (Å²) >= 11 is 0. The number of nitrogens with one attached hydrogen (secondary N) is 1. The second-order valence-corrected chi connectivity index (χ2v) is 10.2. The van der Waals surface area contributed by atoms with Crippen molar-refractivity contribution in [2.24, 2.45) is 17.8 Å². The maximum absolute atomic E-state index is 13.2. The van der Waals surface area contributed by atoms with Crippen LogP contribution in [-0.2, 0) is 18.5 Å². The maximum atomic E-state index is 13.2. The van der Waals surface area contributed by atoms with E-state index in [4.69, 9.17) is 5.10 Å². The molecule has 160 valence electrons. The van der Waals surface area contributed by atoms with Crippen molar-refractivity contribution in [1.29, 1.82) is 0 Å². The first kappa shape index (κ1) is 19.2. The van der Waals surface area contributed by atoms with Crippen molar-refractivity contribution in [2.75, 3.05) is 0 Å². The molecular formula is C27H30FN3. The molecule has 1 N–H and O–H groups in total. The molecule has 7 rings (SSSR count). The molecule has 0 atom stereocenters. The van der Waals surface area contributed by atoms with Gasteiger partial charge in [-0.1, -0.05) is 30.3 Å². The van der Waals surface area contributed by atoms with Gasteiger partial charge in [-0.2, -0.15) is 5.10 Å². The third kappa shape index (κ3) is 3.61. The molecule has 0 saturated heterocycles. The van der Waals surface area contributed by atoms with Crippen LogP contribution in [0.2, 0.25) is 0 Å². The highest BCUT2D eigenvalue weighted by molar-refractivity contribution is 5.36. The van der Waals surface area contributed by atoms with E-state index in [0.717, 1.165) is 42.1 Å². The summed E-state index contributed by atoms with van der Waals surface area (Å²) in [5.41, 5.74) is 5.16. The summed E-state index contributed by atoms with van der Waals surface area (Å²) in [6.07, 6.45) is 10.5. The molecule has 4 saturated carbocycles. The Labute approximate surface area is 183 Å². The molecule has 4 fully saturated rings. The molecule has 4 bridgehead atoms. The van der Waals surface area contributed by atoms with Crippen LogP contribution in [0.1, 0.15) is 55.3 Å². The van der Waals surface area contributed by atoms with Gasteiger partial charge in [0.2, 0.25) is 0 Å². The Morgan fingerprint density at radius 1 is 0.871 bits per heavy atom. The monoisotopic (exact) mass is 415 g/mol. The fourth-order valence-corrected chi connectivity index (χ4v) is 7.04. The van der Waals surface area contributed by atoms with E-state index in [1.54, 1.807) is 0 Å². The molecule has 3 nitrogen and oxygen atoms in total. The van der Waals surface area contributed by atoms with Crippen LogP contribution in [0.15, 0.2) is 60.8 Å². The van der Waals surface area contributed by atoms with E-state index in [0.29, 0.717) is 0 Å². The van der Waals surface area contributed by atoms with Crippen LogP contribution in [0, 0.1) is 23.6 Å². The third-order valence-corrected chi connectivity index (χ3v) is 7.91. The van der Waals surface area contributed by atoms with Crippen molar-refractivity contribution in [3.05, 3.63) is 83.4 Å². The molecule has 0 aliphatic heterocycles. The van der Waals surface area contributed by atoms with Gasteiger partial charge in [-0.25, -0.2) is 9.07 Å². The van der Waals surface area contributed by atoms with Crippen LogP contribution in [-0.4, -0.2) is 9.78 Å². The van der Waals surface area contributed by atoms with E-state index in [1.165, 1.54) is 61.9 Å². The molecule has 0 unspecified atom stereocenters. The normalized spacial score (nSPS) is 28.9. The topological polar surface area (TPSA) is 29.9 Å². The number of benzene rings is 2. The minimum Gasteiger partial charge on any atom is -0.308 e. The van der Waals surface area contributed by atoms with Gasteiger partial charge in [0.15, 0.2) is 0 Å². The zero-order valence-corrected chi connectivity index (χ0v) is 17.9. The zero-order chi connectivity index (χ0) is 20.8. The standard InChI is InChI=1S/C27H30FN3/c28-24-8-6-19(7-9-24)16-29-17-23-18-31(25-4-2-1-3-5-25)30-26(23)27-13-20-10-21(14-27)12-22(11-20)15-27/h1-9,18,20-22,29H,10-17H2. The molecule has 31 heavy (non-hydrogen) atoms. The summed E-state index contributed by atoms with van der Waals surface area (Å²) < 4.78 is 15.3. The Kier molecular flexibility index (Phi) is 4.71. The Bertz CT molecular complexity index is 1020. The van der Waals surface area contributed by atoms with Crippen LogP contribution in [0.3, 0.4) is 0 Å². The summed E-state index contributed by atoms with van der Waals surface area (Å²) in [5.74, 6) is 2.51. The van der Waals surface area contributed by atoms with E-state index >= 15 is 0 Å². The van der Waals surface area contributed by atoms with Crippen LogP contribution in [0.5, 0.6) is 0 Å². The molecule has 1 aromatic heterocycles. The Balaban J connectivity index is 1.30. The molecule has 1 heterocycles. The lowest BCUT2D eigenvalue weighted by atomic mass is 9.48. The number of para-hydroxylation sites is 1. The molecule has 0 radical (unpaired) electrons. The first-order valence-corrected chi connectivity index (χ1v) is 11.8. The minimum absolute atomic E-state index is 0.183. The van der Waals surface area contributed by atoms with E-state index < -0.39 is 0 Å². The predicted molar refractivity (Wildman–Crippen MR) is 120 cm³/mol. The van der Waals surface area contributed by atoms with Crippen LogP contribution in [0.25, 0.3) is 5.69 Å². The van der Waals surface area contributed by atoms with E-state index in [2.05, 4.69) is 46.5 Å². The van der Waals surface area contributed by atoms with Crippen molar-refractivity contribution < 1.29 is 4.39 Å². The van der Waals surface area contributed by atoms with Gasteiger partial charge in [0.05, 0.1) is 11.4 Å². The first-order valence-electron chi connectivity index (χ1n) is 11.8. The molecule has 4 aliphatic rings. The Hall–Kier alpha value is -2.46. The van der Waals surface area contributed by atoms with Gasteiger partial charge in [-0.05, 0) is 86.1 Å². The molecule has 4 aliphatic carbocycles. The summed E-state index contributed by atoms with van der Waals surface area (Å²) in [7, 11) is 0. The largest absolute Gasteiger partial charge is 0.308 e. The van der Waals surface area contributed by atoms with Gasteiger partial charge in [-0.3, -0.25) is 0 Å². The van der Waals surface area contributed by atoms with Gasteiger partial charge >= 0.3 is 0 Å². The highest BCUT2D eigenvalue weighted by Gasteiger charge is 2.53. The van der Waals surface area contributed by atoms with Crippen molar-refractivity contribution in [1.82, 2.24) is 15.1 Å². The van der Waals surface area contributed by atoms with Crippen molar-refractivity contribution in [3.63, 3.8) is 0 Å². The quantitative estimate of drug-likeness (QED) is 0.554. The molecule has 4 heteroatoms. The molecule has 2 aromatic carbocycles. The second-order valence-electron chi connectivity index (χ2n) is 10.2. The number of aromatic nitrogens is 2. The molecule has 3 aromatic rings. The van der Waals surface area contributed by atoms with E-state index in [-0.39, 0.29) is 11.2 Å². The minimum atomic E-state index is -0.183. The summed E-state index contributed by atoms with van der Waals surface area (Å²) in [6.45, 7) is 1.53. The predicted octanol–water partition coefficient (Wildman–Crippen LogP) is 5.77. The van der Waals surface area contributed by atoms with Gasteiger partial charge in [0, 0.05) is 30.3 Å². The number of hydrogen-bond acceptors (Lipinski definition) is 2. The fourth-order valence-electron chi connectivity index (χ4n) is 7.04. The number of halogens is 1. The van der Waals surface area contributed by atoms with Gasteiger partial charge in [-0.15, -0.1) is 0 Å². The van der Waals surface area contributed by atoms with Crippen molar-refractivity contribution in [2.45, 2.75) is 57.0 Å². The number of hydrogen-bond donors (Lipinski definition) is 1. The molecule has 0 amide bonds. The van der Waals surface area contributed by atoms with Crippen LogP contribution in [0.4, 0.5) is 4.39 Å². The Morgan fingerprint density at radius 2 is 1.52 bits per heavy atom. The van der Waals surface area contributed by atoms with E-state index in [1.807, 2.05) is 12.1 Å². The maximum Gasteiger partial charge on any atom is 0.123 e. The zero-order valence-electron chi connectivity index (χ0n) is 17.9. The average Bonchev–Trinajstić information content (AvgIpc) is 3.20. The van der Waals surface area contributed by atoms with Crippen molar-refractivity contribution >= 4 is 0 Å². The lowest BCUT2D eigenvalue weighted by molar-refractivity contribution is -0.00777. The SMILES string of the molecule is Fc1ccc(CNCc2cn(-c3ccccc3)nc2C23CC4CC(CC(C4)C2)C3)cc1. The Morgan fingerprint density at radius 3 is 2.16 bits per heavy atom. The fraction of sp³-hybridized carbons (Fsp3) is 0.444. The molecular weight excluding hydrogens is 385 g/mol.